The Morgan fingerprint density at radius 3 is 2.85 bits per heavy atom. The number of carbonyl (C=O) groups excluding carboxylic acids is 1. The minimum atomic E-state index is -0.644. The second-order valence-electron chi connectivity index (χ2n) is 7.57. The number of amides is 2. The minimum Gasteiger partial charge on any atom is -0.334 e. The molecule has 1 aromatic carbocycles. The molecule has 27 heavy (non-hydrogen) atoms. The number of carbonyl (C=O) groups is 1. The molecular formula is C20H24F2N4O. The first-order chi connectivity index (χ1) is 13.1. The zero-order valence-electron chi connectivity index (χ0n) is 15.2. The van der Waals surface area contributed by atoms with Crippen LogP contribution < -0.4 is 5.32 Å². The Morgan fingerprint density at radius 1 is 1.22 bits per heavy atom. The van der Waals surface area contributed by atoms with Gasteiger partial charge in [-0.05, 0) is 43.7 Å². The van der Waals surface area contributed by atoms with Crippen LogP contribution in [0.25, 0.3) is 0 Å². The Kier molecular flexibility index (Phi) is 5.09. The maximum Gasteiger partial charge on any atom is 0.321 e. The van der Waals surface area contributed by atoms with Crippen LogP contribution in [-0.2, 0) is 6.54 Å². The molecule has 5 nitrogen and oxygen atoms in total. The molecule has 2 amide bonds. The highest BCUT2D eigenvalue weighted by molar-refractivity contribution is 5.89. The fraction of sp³-hybridized carbons (Fsp3) is 0.500. The van der Waals surface area contributed by atoms with E-state index in [9.17, 15) is 13.6 Å². The van der Waals surface area contributed by atoms with Gasteiger partial charge in [-0.2, -0.15) is 0 Å². The van der Waals surface area contributed by atoms with Crippen LogP contribution in [0, 0.1) is 17.6 Å². The lowest BCUT2D eigenvalue weighted by molar-refractivity contribution is 0.189. The Morgan fingerprint density at radius 2 is 2.07 bits per heavy atom. The second kappa shape index (κ2) is 7.66. The molecule has 2 fully saturated rings. The van der Waals surface area contributed by atoms with Crippen LogP contribution in [0.15, 0.2) is 30.6 Å². The van der Waals surface area contributed by atoms with Crippen molar-refractivity contribution in [3.8, 4) is 0 Å². The van der Waals surface area contributed by atoms with Crippen molar-refractivity contribution in [1.29, 1.82) is 0 Å². The van der Waals surface area contributed by atoms with Gasteiger partial charge in [0.25, 0.3) is 0 Å². The predicted octanol–water partition coefficient (Wildman–Crippen LogP) is 4.37. The quantitative estimate of drug-likeness (QED) is 0.864. The van der Waals surface area contributed by atoms with E-state index in [4.69, 9.17) is 0 Å². The maximum absolute atomic E-state index is 13.8. The molecule has 1 aliphatic carbocycles. The van der Waals surface area contributed by atoms with Crippen molar-refractivity contribution in [3.63, 3.8) is 0 Å². The van der Waals surface area contributed by atoms with Gasteiger partial charge in [-0.1, -0.05) is 6.42 Å². The highest BCUT2D eigenvalue weighted by Gasteiger charge is 2.29. The van der Waals surface area contributed by atoms with Gasteiger partial charge >= 0.3 is 6.03 Å². The number of urea groups is 1. The van der Waals surface area contributed by atoms with Crippen LogP contribution in [0.5, 0.6) is 0 Å². The van der Waals surface area contributed by atoms with Crippen LogP contribution in [0.3, 0.4) is 0 Å². The number of benzene rings is 1. The van der Waals surface area contributed by atoms with Crippen molar-refractivity contribution < 1.29 is 13.6 Å². The van der Waals surface area contributed by atoms with Crippen LogP contribution >= 0.6 is 0 Å². The summed E-state index contributed by atoms with van der Waals surface area (Å²) in [6.45, 7) is 2.12. The Balaban J connectivity index is 1.42. The Bertz CT molecular complexity index is 818. The number of imidazole rings is 1. The zero-order chi connectivity index (χ0) is 18.8. The standard InChI is InChI=1S/C20H24F2N4O/c21-16-6-7-17(22)18(11-16)24-20(27)26-9-2-5-15(13-26)19-23-8-10-25(19)12-14-3-1-4-14/h6-8,10-11,14-15H,1-5,9,12-13H2,(H,24,27). The van der Waals surface area contributed by atoms with E-state index in [0.717, 1.165) is 49.3 Å². The molecule has 1 N–H and O–H groups in total. The summed E-state index contributed by atoms with van der Waals surface area (Å²) in [6, 6.07) is 2.65. The molecule has 1 aliphatic heterocycles. The van der Waals surface area contributed by atoms with Crippen LogP contribution in [-0.4, -0.2) is 33.6 Å². The topological polar surface area (TPSA) is 50.2 Å². The molecule has 0 radical (unpaired) electrons. The molecular weight excluding hydrogens is 350 g/mol. The van der Waals surface area contributed by atoms with E-state index < -0.39 is 17.7 Å². The number of nitrogens with zero attached hydrogens (tertiary/aromatic N) is 3. The highest BCUT2D eigenvalue weighted by Crippen LogP contribution is 2.31. The summed E-state index contributed by atoms with van der Waals surface area (Å²) in [5.41, 5.74) is -0.131. The lowest BCUT2D eigenvalue weighted by atomic mass is 9.85. The van der Waals surface area contributed by atoms with E-state index in [1.165, 1.54) is 19.3 Å². The van der Waals surface area contributed by atoms with E-state index >= 15 is 0 Å². The van der Waals surface area contributed by atoms with Crippen molar-refractivity contribution in [1.82, 2.24) is 14.5 Å². The fourth-order valence-electron chi connectivity index (χ4n) is 3.95. The normalized spacial score (nSPS) is 20.4. The van der Waals surface area contributed by atoms with E-state index in [1.54, 1.807) is 4.90 Å². The molecule has 144 valence electrons. The van der Waals surface area contributed by atoms with Crippen molar-refractivity contribution >= 4 is 11.7 Å². The van der Waals surface area contributed by atoms with Crippen LogP contribution in [0.1, 0.15) is 43.8 Å². The molecule has 4 rings (SSSR count). The number of piperidine rings is 1. The Hall–Kier alpha value is -2.44. The number of hydrogen-bond donors (Lipinski definition) is 1. The van der Waals surface area contributed by atoms with Crippen molar-refractivity contribution in [3.05, 3.63) is 48.1 Å². The number of rotatable bonds is 4. The summed E-state index contributed by atoms with van der Waals surface area (Å²) in [5.74, 6) is 0.695. The van der Waals surface area contributed by atoms with Crippen molar-refractivity contribution in [2.75, 3.05) is 18.4 Å². The van der Waals surface area contributed by atoms with Gasteiger partial charge in [-0.25, -0.2) is 18.6 Å². The smallest absolute Gasteiger partial charge is 0.321 e. The maximum atomic E-state index is 13.8. The lowest BCUT2D eigenvalue weighted by Gasteiger charge is -2.33. The fourth-order valence-corrected chi connectivity index (χ4v) is 3.95. The summed E-state index contributed by atoms with van der Waals surface area (Å²) < 4.78 is 29.3. The first-order valence-electron chi connectivity index (χ1n) is 9.62. The van der Waals surface area contributed by atoms with Gasteiger partial charge in [-0.3, -0.25) is 0 Å². The molecule has 1 unspecified atom stereocenters. The second-order valence-corrected chi connectivity index (χ2v) is 7.57. The van der Waals surface area contributed by atoms with Crippen LogP contribution in [0.4, 0.5) is 19.3 Å². The number of halogens is 2. The number of hydrogen-bond acceptors (Lipinski definition) is 2. The molecule has 1 saturated carbocycles. The highest BCUT2D eigenvalue weighted by atomic mass is 19.1. The monoisotopic (exact) mass is 374 g/mol. The van der Waals surface area contributed by atoms with E-state index in [0.29, 0.717) is 13.1 Å². The third kappa shape index (κ3) is 3.96. The van der Waals surface area contributed by atoms with E-state index in [1.807, 2.05) is 12.4 Å². The summed E-state index contributed by atoms with van der Waals surface area (Å²) in [4.78, 5) is 18.8. The lowest BCUT2D eigenvalue weighted by Crippen LogP contribution is -2.42. The third-order valence-corrected chi connectivity index (χ3v) is 5.67. The average molecular weight is 374 g/mol. The zero-order valence-corrected chi connectivity index (χ0v) is 15.2. The largest absolute Gasteiger partial charge is 0.334 e. The van der Waals surface area contributed by atoms with Crippen LogP contribution in [0.2, 0.25) is 0 Å². The number of aromatic nitrogens is 2. The van der Waals surface area contributed by atoms with Gasteiger partial charge in [0.15, 0.2) is 0 Å². The first-order valence-corrected chi connectivity index (χ1v) is 9.62. The Labute approximate surface area is 157 Å². The predicted molar refractivity (Wildman–Crippen MR) is 98.5 cm³/mol. The summed E-state index contributed by atoms with van der Waals surface area (Å²) in [7, 11) is 0. The van der Waals surface area contributed by atoms with Gasteiger partial charge in [0, 0.05) is 44.0 Å². The molecule has 0 spiro atoms. The molecule has 2 aliphatic rings. The number of likely N-dealkylation sites (tertiary alicyclic amines) is 1. The summed E-state index contributed by atoms with van der Waals surface area (Å²) >= 11 is 0. The SMILES string of the molecule is O=C(Nc1cc(F)ccc1F)N1CCCC(c2nccn2CC2CCC2)C1. The van der Waals surface area contributed by atoms with E-state index in [-0.39, 0.29) is 11.6 Å². The van der Waals surface area contributed by atoms with Gasteiger partial charge in [-0.15, -0.1) is 0 Å². The van der Waals surface area contributed by atoms with Crippen molar-refractivity contribution in [2.24, 2.45) is 5.92 Å². The first kappa shape index (κ1) is 17.9. The molecule has 1 saturated heterocycles. The third-order valence-electron chi connectivity index (χ3n) is 5.67. The molecule has 0 bridgehead atoms. The molecule has 1 atom stereocenters. The van der Waals surface area contributed by atoms with Crippen molar-refractivity contribution in [2.45, 2.75) is 44.6 Å². The number of anilines is 1. The van der Waals surface area contributed by atoms with Gasteiger partial charge < -0.3 is 14.8 Å². The molecule has 2 heterocycles. The van der Waals surface area contributed by atoms with Gasteiger partial charge in [0.05, 0.1) is 5.69 Å². The number of nitrogens with one attached hydrogen (secondary N) is 1. The van der Waals surface area contributed by atoms with Gasteiger partial charge in [0.1, 0.15) is 17.5 Å². The summed E-state index contributed by atoms with van der Waals surface area (Å²) in [6.07, 6.45) is 9.54. The molecule has 7 heteroatoms. The minimum absolute atomic E-state index is 0.131. The van der Waals surface area contributed by atoms with Gasteiger partial charge in [0.2, 0.25) is 0 Å². The molecule has 1 aromatic heterocycles. The summed E-state index contributed by atoms with van der Waals surface area (Å²) in [5, 5.41) is 2.50. The molecule has 2 aromatic rings. The average Bonchev–Trinajstić information content (AvgIpc) is 3.10. The van der Waals surface area contributed by atoms with E-state index in [2.05, 4.69) is 14.9 Å².